The number of rotatable bonds is 5. The van der Waals surface area contributed by atoms with E-state index in [1.165, 1.54) is 18.2 Å². The Labute approximate surface area is 128 Å². The molecule has 22 heavy (non-hydrogen) atoms. The van der Waals surface area contributed by atoms with Crippen LogP contribution >= 0.6 is 0 Å². The standard InChI is InChI=1S/C15H19N3O4/c19-12-11-16-7-9-17(10-8-16)15(20)6-3-13-1-4-14(5-2-13)18(21)22/h1-6,19H,7-12H2/b6-3+. The lowest BCUT2D eigenvalue weighted by Crippen LogP contribution is -2.48. The summed E-state index contributed by atoms with van der Waals surface area (Å²) in [6, 6.07) is 6.05. The average molecular weight is 305 g/mol. The van der Waals surface area contributed by atoms with Gasteiger partial charge in [0.15, 0.2) is 0 Å². The van der Waals surface area contributed by atoms with Gasteiger partial charge in [-0.25, -0.2) is 0 Å². The Morgan fingerprint density at radius 3 is 2.41 bits per heavy atom. The molecule has 1 saturated heterocycles. The number of aliphatic hydroxyl groups is 1. The summed E-state index contributed by atoms with van der Waals surface area (Å²) in [4.78, 5) is 26.1. The van der Waals surface area contributed by atoms with Crippen LogP contribution in [0, 0.1) is 10.1 Å². The van der Waals surface area contributed by atoms with E-state index in [0.717, 1.165) is 18.7 Å². The predicted octanol–water partition coefficient (Wildman–Crippen LogP) is 0.744. The number of hydrogen-bond acceptors (Lipinski definition) is 5. The molecule has 1 heterocycles. The number of benzene rings is 1. The van der Waals surface area contributed by atoms with Gasteiger partial charge >= 0.3 is 0 Å². The normalized spacial score (nSPS) is 16.1. The minimum absolute atomic E-state index is 0.0310. The lowest BCUT2D eigenvalue weighted by atomic mass is 10.2. The van der Waals surface area contributed by atoms with Crippen molar-refractivity contribution in [2.24, 2.45) is 0 Å². The minimum atomic E-state index is -0.454. The molecule has 0 saturated carbocycles. The minimum Gasteiger partial charge on any atom is -0.395 e. The third-order valence-electron chi connectivity index (χ3n) is 3.62. The number of β-amino-alcohol motifs (C(OH)–C–C–N with tert-alkyl or cyclic N) is 1. The van der Waals surface area contributed by atoms with Crippen LogP contribution in [0.1, 0.15) is 5.56 Å². The van der Waals surface area contributed by atoms with E-state index in [1.54, 1.807) is 23.1 Å². The van der Waals surface area contributed by atoms with Gasteiger partial charge in [-0.05, 0) is 23.8 Å². The number of nitro benzene ring substituents is 1. The summed E-state index contributed by atoms with van der Waals surface area (Å²) in [6.07, 6.45) is 3.15. The summed E-state index contributed by atoms with van der Waals surface area (Å²) in [7, 11) is 0. The molecule has 0 aromatic heterocycles. The lowest BCUT2D eigenvalue weighted by Gasteiger charge is -2.33. The van der Waals surface area contributed by atoms with Crippen molar-refractivity contribution in [3.8, 4) is 0 Å². The third kappa shape index (κ3) is 4.37. The molecule has 0 aliphatic carbocycles. The van der Waals surface area contributed by atoms with E-state index in [-0.39, 0.29) is 18.2 Å². The van der Waals surface area contributed by atoms with E-state index in [9.17, 15) is 14.9 Å². The van der Waals surface area contributed by atoms with Gasteiger partial charge in [-0.1, -0.05) is 0 Å². The van der Waals surface area contributed by atoms with Crippen molar-refractivity contribution in [3.05, 3.63) is 46.0 Å². The number of non-ortho nitro benzene ring substituents is 1. The van der Waals surface area contributed by atoms with Crippen LogP contribution in [-0.4, -0.2) is 65.1 Å². The van der Waals surface area contributed by atoms with E-state index in [2.05, 4.69) is 4.90 Å². The maximum Gasteiger partial charge on any atom is 0.269 e. The molecule has 118 valence electrons. The first-order valence-corrected chi connectivity index (χ1v) is 7.15. The lowest BCUT2D eigenvalue weighted by molar-refractivity contribution is -0.384. The van der Waals surface area contributed by atoms with Crippen LogP contribution in [0.15, 0.2) is 30.3 Å². The average Bonchev–Trinajstić information content (AvgIpc) is 2.54. The molecular weight excluding hydrogens is 286 g/mol. The first kappa shape index (κ1) is 16.1. The molecule has 7 heteroatoms. The third-order valence-corrected chi connectivity index (χ3v) is 3.62. The molecule has 0 bridgehead atoms. The first-order valence-electron chi connectivity index (χ1n) is 7.15. The van der Waals surface area contributed by atoms with Gasteiger partial charge in [0.25, 0.3) is 5.69 Å². The van der Waals surface area contributed by atoms with Crippen molar-refractivity contribution in [1.29, 1.82) is 0 Å². The molecule has 0 spiro atoms. The predicted molar refractivity (Wildman–Crippen MR) is 82.2 cm³/mol. The fourth-order valence-corrected chi connectivity index (χ4v) is 2.31. The molecule has 0 radical (unpaired) electrons. The van der Waals surface area contributed by atoms with Gasteiger partial charge in [0, 0.05) is 50.9 Å². The van der Waals surface area contributed by atoms with Gasteiger partial charge in [0.05, 0.1) is 11.5 Å². The smallest absolute Gasteiger partial charge is 0.269 e. The van der Waals surface area contributed by atoms with E-state index in [1.807, 2.05) is 0 Å². The number of aliphatic hydroxyl groups excluding tert-OH is 1. The van der Waals surface area contributed by atoms with Crippen molar-refractivity contribution in [3.63, 3.8) is 0 Å². The van der Waals surface area contributed by atoms with Crippen LogP contribution in [0.5, 0.6) is 0 Å². The highest BCUT2D eigenvalue weighted by Crippen LogP contribution is 2.13. The molecule has 1 aromatic rings. The van der Waals surface area contributed by atoms with Gasteiger partial charge in [-0.15, -0.1) is 0 Å². The fraction of sp³-hybridized carbons (Fsp3) is 0.400. The Hall–Kier alpha value is -2.25. The van der Waals surface area contributed by atoms with E-state index in [4.69, 9.17) is 5.11 Å². The molecule has 1 aliphatic rings. The quantitative estimate of drug-likeness (QED) is 0.492. The molecule has 0 atom stereocenters. The Balaban J connectivity index is 1.87. The Bertz CT molecular complexity index is 548. The first-order chi connectivity index (χ1) is 10.6. The molecule has 0 unspecified atom stereocenters. The second-order valence-electron chi connectivity index (χ2n) is 5.07. The zero-order chi connectivity index (χ0) is 15.9. The van der Waals surface area contributed by atoms with Crippen LogP contribution < -0.4 is 0 Å². The SMILES string of the molecule is O=C(/C=C/c1ccc([N+](=O)[O-])cc1)N1CCN(CCO)CC1. The zero-order valence-corrected chi connectivity index (χ0v) is 12.2. The summed E-state index contributed by atoms with van der Waals surface area (Å²) in [5.41, 5.74) is 0.779. The molecule has 1 aromatic carbocycles. The number of hydrogen-bond donors (Lipinski definition) is 1. The molecule has 1 N–H and O–H groups in total. The van der Waals surface area contributed by atoms with Crippen molar-refractivity contribution in [2.75, 3.05) is 39.3 Å². The van der Waals surface area contributed by atoms with Crippen molar-refractivity contribution >= 4 is 17.7 Å². The number of amides is 1. The maximum absolute atomic E-state index is 12.1. The van der Waals surface area contributed by atoms with Crippen molar-refractivity contribution in [1.82, 2.24) is 9.80 Å². The summed E-state index contributed by atoms with van der Waals surface area (Å²) >= 11 is 0. The molecule has 1 aliphatic heterocycles. The van der Waals surface area contributed by atoms with Crippen LogP contribution in [-0.2, 0) is 4.79 Å². The Morgan fingerprint density at radius 2 is 1.86 bits per heavy atom. The van der Waals surface area contributed by atoms with Gasteiger partial charge in [-0.2, -0.15) is 0 Å². The number of nitrogens with zero attached hydrogens (tertiary/aromatic N) is 3. The van der Waals surface area contributed by atoms with Crippen LogP contribution in [0.3, 0.4) is 0 Å². The maximum atomic E-state index is 12.1. The van der Waals surface area contributed by atoms with Crippen LogP contribution in [0.25, 0.3) is 6.08 Å². The zero-order valence-electron chi connectivity index (χ0n) is 12.2. The van der Waals surface area contributed by atoms with Gasteiger partial charge < -0.3 is 10.0 Å². The molecule has 2 rings (SSSR count). The largest absolute Gasteiger partial charge is 0.395 e. The van der Waals surface area contributed by atoms with Gasteiger partial charge in [0.2, 0.25) is 5.91 Å². The highest BCUT2D eigenvalue weighted by Gasteiger charge is 2.18. The number of piperazine rings is 1. The second kappa shape index (κ2) is 7.67. The monoisotopic (exact) mass is 305 g/mol. The second-order valence-corrected chi connectivity index (χ2v) is 5.07. The van der Waals surface area contributed by atoms with E-state index in [0.29, 0.717) is 19.6 Å². The molecule has 1 fully saturated rings. The molecule has 1 amide bonds. The van der Waals surface area contributed by atoms with Gasteiger partial charge in [0.1, 0.15) is 0 Å². The summed E-state index contributed by atoms with van der Waals surface area (Å²) in [5.74, 6) is -0.0676. The Morgan fingerprint density at radius 1 is 1.23 bits per heavy atom. The summed E-state index contributed by atoms with van der Waals surface area (Å²) in [5, 5.41) is 19.4. The van der Waals surface area contributed by atoms with Crippen molar-refractivity contribution < 1.29 is 14.8 Å². The highest BCUT2D eigenvalue weighted by atomic mass is 16.6. The van der Waals surface area contributed by atoms with Crippen LogP contribution in [0.2, 0.25) is 0 Å². The van der Waals surface area contributed by atoms with E-state index < -0.39 is 4.92 Å². The molecule has 7 nitrogen and oxygen atoms in total. The topological polar surface area (TPSA) is 86.9 Å². The van der Waals surface area contributed by atoms with E-state index >= 15 is 0 Å². The highest BCUT2D eigenvalue weighted by molar-refractivity contribution is 5.91. The number of carbonyl (C=O) groups excluding carboxylic acids is 1. The molecular formula is C15H19N3O4. The Kier molecular flexibility index (Phi) is 5.62. The summed E-state index contributed by atoms with van der Waals surface area (Å²) < 4.78 is 0. The van der Waals surface area contributed by atoms with Gasteiger partial charge in [-0.3, -0.25) is 19.8 Å². The van der Waals surface area contributed by atoms with Crippen molar-refractivity contribution in [2.45, 2.75) is 0 Å². The fourth-order valence-electron chi connectivity index (χ4n) is 2.31. The van der Waals surface area contributed by atoms with Crippen LogP contribution in [0.4, 0.5) is 5.69 Å². The number of carbonyl (C=O) groups is 1. The summed E-state index contributed by atoms with van der Waals surface area (Å²) in [6.45, 7) is 3.58. The number of nitro groups is 1.